The quantitative estimate of drug-likeness (QED) is 0.706. The third kappa shape index (κ3) is 3.18. The third-order valence-corrected chi connectivity index (χ3v) is 5.29. The fourth-order valence-electron chi connectivity index (χ4n) is 3.82. The highest BCUT2D eigenvalue weighted by Gasteiger charge is 2.33. The van der Waals surface area contributed by atoms with E-state index in [0.717, 1.165) is 28.1 Å². The second-order valence-electron chi connectivity index (χ2n) is 7.17. The fraction of sp³-hybridized carbons (Fsp3) is 0.273. The van der Waals surface area contributed by atoms with Crippen molar-refractivity contribution in [2.45, 2.75) is 26.2 Å². The number of nitrogens with zero attached hydrogens (tertiary/aromatic N) is 2. The van der Waals surface area contributed by atoms with Crippen molar-refractivity contribution < 1.29 is 19.4 Å². The van der Waals surface area contributed by atoms with Gasteiger partial charge < -0.3 is 19.9 Å². The Bertz CT molecular complexity index is 1060. The summed E-state index contributed by atoms with van der Waals surface area (Å²) in [5, 5.41) is 17.9. The molecular formula is C22H23N3O4. The Balaban J connectivity index is 1.88. The van der Waals surface area contributed by atoms with Crippen LogP contribution in [-0.2, 0) is 4.79 Å². The van der Waals surface area contributed by atoms with Crippen LogP contribution in [0.1, 0.15) is 34.7 Å². The summed E-state index contributed by atoms with van der Waals surface area (Å²) in [6.45, 7) is 3.96. The zero-order chi connectivity index (χ0) is 20.7. The number of carbonyl (C=O) groups is 1. The molecule has 2 aromatic carbocycles. The lowest BCUT2D eigenvalue weighted by molar-refractivity contribution is -0.116. The van der Waals surface area contributed by atoms with Gasteiger partial charge in [-0.1, -0.05) is 17.7 Å². The van der Waals surface area contributed by atoms with Crippen LogP contribution in [-0.4, -0.2) is 35.0 Å². The lowest BCUT2D eigenvalue weighted by Crippen LogP contribution is -2.25. The van der Waals surface area contributed by atoms with Crippen molar-refractivity contribution in [2.24, 2.45) is 0 Å². The van der Waals surface area contributed by atoms with Gasteiger partial charge >= 0.3 is 0 Å². The number of aromatic nitrogens is 2. The van der Waals surface area contributed by atoms with Gasteiger partial charge in [-0.2, -0.15) is 5.10 Å². The second-order valence-corrected chi connectivity index (χ2v) is 7.17. The largest absolute Gasteiger partial charge is 0.502 e. The van der Waals surface area contributed by atoms with Gasteiger partial charge in [0.05, 0.1) is 25.6 Å². The maximum Gasteiger partial charge on any atom is 0.226 e. The van der Waals surface area contributed by atoms with Gasteiger partial charge in [0, 0.05) is 17.9 Å². The van der Waals surface area contributed by atoms with Crippen LogP contribution < -0.4 is 14.8 Å². The van der Waals surface area contributed by atoms with Crippen molar-refractivity contribution in [1.82, 2.24) is 9.78 Å². The molecule has 7 heteroatoms. The summed E-state index contributed by atoms with van der Waals surface area (Å²) in [5.41, 5.74) is 4.62. The first-order valence-electron chi connectivity index (χ1n) is 9.34. The number of aromatic hydroxyl groups is 1. The normalized spacial score (nSPS) is 15.6. The molecule has 150 valence electrons. The average Bonchev–Trinajstić information content (AvgIpc) is 3.04. The molecule has 1 aromatic heterocycles. The van der Waals surface area contributed by atoms with Crippen LogP contribution in [0.3, 0.4) is 0 Å². The molecule has 1 aliphatic rings. The lowest BCUT2D eigenvalue weighted by Gasteiger charge is -2.25. The minimum atomic E-state index is -0.235. The van der Waals surface area contributed by atoms with E-state index in [1.54, 1.807) is 16.8 Å². The van der Waals surface area contributed by atoms with Crippen molar-refractivity contribution in [3.63, 3.8) is 0 Å². The molecule has 29 heavy (non-hydrogen) atoms. The second kappa shape index (κ2) is 7.16. The van der Waals surface area contributed by atoms with Gasteiger partial charge in [0.25, 0.3) is 0 Å². The van der Waals surface area contributed by atoms with E-state index < -0.39 is 0 Å². The average molecular weight is 393 g/mol. The van der Waals surface area contributed by atoms with Gasteiger partial charge in [-0.25, -0.2) is 4.68 Å². The van der Waals surface area contributed by atoms with Crippen LogP contribution in [0.2, 0.25) is 0 Å². The van der Waals surface area contributed by atoms with Crippen molar-refractivity contribution in [3.05, 3.63) is 58.8 Å². The molecule has 0 unspecified atom stereocenters. The maximum atomic E-state index is 12.6. The molecule has 0 bridgehead atoms. The zero-order valence-electron chi connectivity index (χ0n) is 16.8. The summed E-state index contributed by atoms with van der Waals surface area (Å²) in [7, 11) is 2.97. The number of hydrogen-bond acceptors (Lipinski definition) is 5. The Morgan fingerprint density at radius 2 is 1.72 bits per heavy atom. The van der Waals surface area contributed by atoms with Crippen LogP contribution in [0, 0.1) is 13.8 Å². The van der Waals surface area contributed by atoms with Crippen molar-refractivity contribution in [1.29, 1.82) is 0 Å². The molecule has 0 radical (unpaired) electrons. The van der Waals surface area contributed by atoms with E-state index in [4.69, 9.17) is 14.6 Å². The number of ether oxygens (including phenoxy) is 2. The van der Waals surface area contributed by atoms with E-state index in [1.807, 2.05) is 38.1 Å². The summed E-state index contributed by atoms with van der Waals surface area (Å²) in [6.07, 6.45) is 0.268. The summed E-state index contributed by atoms with van der Waals surface area (Å²) in [6, 6.07) is 11.5. The number of phenols is 1. The number of phenolic OH excluding ortho intramolecular Hbond substituents is 1. The van der Waals surface area contributed by atoms with E-state index in [-0.39, 0.29) is 24.0 Å². The molecule has 0 aliphatic carbocycles. The predicted octanol–water partition coefficient (Wildman–Crippen LogP) is 3.69. The number of carbonyl (C=O) groups excluding carboxylic acids is 1. The first-order valence-corrected chi connectivity index (χ1v) is 9.34. The number of rotatable bonds is 4. The van der Waals surface area contributed by atoms with E-state index in [0.29, 0.717) is 17.3 Å². The molecule has 1 amide bonds. The number of fused-ring (bicyclic) bond motifs is 1. The molecule has 2 heterocycles. The van der Waals surface area contributed by atoms with E-state index in [2.05, 4.69) is 5.32 Å². The number of aryl methyl sites for hydroxylation is 2. The number of nitrogens with one attached hydrogen (secondary N) is 1. The van der Waals surface area contributed by atoms with Crippen molar-refractivity contribution in [3.8, 4) is 22.9 Å². The smallest absolute Gasteiger partial charge is 0.226 e. The molecule has 1 aliphatic heterocycles. The molecule has 1 atom stereocenters. The van der Waals surface area contributed by atoms with Gasteiger partial charge in [-0.05, 0) is 43.7 Å². The molecule has 7 nitrogen and oxygen atoms in total. The topological polar surface area (TPSA) is 85.6 Å². The Morgan fingerprint density at radius 1 is 1.10 bits per heavy atom. The summed E-state index contributed by atoms with van der Waals surface area (Å²) < 4.78 is 12.4. The van der Waals surface area contributed by atoms with Crippen LogP contribution in [0.5, 0.6) is 17.2 Å². The summed E-state index contributed by atoms with van der Waals surface area (Å²) in [5.74, 6) is 0.874. The molecule has 3 aromatic rings. The van der Waals surface area contributed by atoms with Crippen molar-refractivity contribution in [2.75, 3.05) is 19.5 Å². The number of anilines is 1. The molecule has 0 saturated heterocycles. The maximum absolute atomic E-state index is 12.6. The predicted molar refractivity (Wildman–Crippen MR) is 109 cm³/mol. The highest BCUT2D eigenvalue weighted by molar-refractivity contribution is 5.95. The molecule has 0 spiro atoms. The first kappa shape index (κ1) is 18.9. The number of amides is 1. The molecule has 0 saturated carbocycles. The van der Waals surface area contributed by atoms with Gasteiger partial charge in [0.15, 0.2) is 11.5 Å². The lowest BCUT2D eigenvalue weighted by atomic mass is 9.85. The van der Waals surface area contributed by atoms with Crippen LogP contribution in [0.4, 0.5) is 5.82 Å². The van der Waals surface area contributed by atoms with Gasteiger partial charge in [0.1, 0.15) is 5.82 Å². The molecule has 0 fully saturated rings. The van der Waals surface area contributed by atoms with E-state index in [1.165, 1.54) is 14.2 Å². The summed E-state index contributed by atoms with van der Waals surface area (Å²) in [4.78, 5) is 12.6. The fourth-order valence-corrected chi connectivity index (χ4v) is 3.82. The molecular weight excluding hydrogens is 370 g/mol. The minimum Gasteiger partial charge on any atom is -0.502 e. The monoisotopic (exact) mass is 393 g/mol. The van der Waals surface area contributed by atoms with Crippen LogP contribution in [0.15, 0.2) is 36.4 Å². The molecule has 4 rings (SSSR count). The Labute approximate surface area is 168 Å². The van der Waals surface area contributed by atoms with Crippen molar-refractivity contribution >= 4 is 11.7 Å². The standard InChI is InChI=1S/C22H23N3O4/c1-12-5-7-15(8-6-12)25-22-20(13(2)24-25)16(11-19(26)23-22)14-9-17(28-3)21(27)18(10-14)29-4/h5-10,16,27H,11H2,1-4H3,(H,23,26)/t16-/m0/s1. The SMILES string of the molecule is COc1cc([C@@H]2CC(=O)Nc3c2c(C)nn3-c2ccc(C)cc2)cc(OC)c1O. The number of methoxy groups -OCH3 is 2. The Hall–Kier alpha value is -3.48. The highest BCUT2D eigenvalue weighted by Crippen LogP contribution is 2.45. The Kier molecular flexibility index (Phi) is 4.66. The van der Waals surface area contributed by atoms with Gasteiger partial charge in [0.2, 0.25) is 11.7 Å². The number of benzene rings is 2. The Morgan fingerprint density at radius 3 is 2.31 bits per heavy atom. The first-order chi connectivity index (χ1) is 13.9. The van der Waals surface area contributed by atoms with Gasteiger partial charge in [-0.15, -0.1) is 0 Å². The minimum absolute atomic E-state index is 0.0636. The zero-order valence-corrected chi connectivity index (χ0v) is 16.8. The van der Waals surface area contributed by atoms with Gasteiger partial charge in [-0.3, -0.25) is 4.79 Å². The highest BCUT2D eigenvalue weighted by atomic mass is 16.5. The number of hydrogen-bond donors (Lipinski definition) is 2. The molecule has 2 N–H and O–H groups in total. The van der Waals surface area contributed by atoms with E-state index in [9.17, 15) is 9.90 Å². The summed E-state index contributed by atoms with van der Waals surface area (Å²) >= 11 is 0. The van der Waals surface area contributed by atoms with Crippen LogP contribution in [0.25, 0.3) is 5.69 Å². The van der Waals surface area contributed by atoms with Crippen LogP contribution >= 0.6 is 0 Å². The third-order valence-electron chi connectivity index (χ3n) is 5.29. The van der Waals surface area contributed by atoms with E-state index >= 15 is 0 Å².